The number of carbonyl (C=O) groups excluding carboxylic acids is 1. The molecular weight excluding hydrogens is 190 g/mol. The lowest BCUT2D eigenvalue weighted by Crippen LogP contribution is -2.26. The van der Waals surface area contributed by atoms with Crippen LogP contribution in [0.15, 0.2) is 24.3 Å². The van der Waals surface area contributed by atoms with Crippen LogP contribution in [0.3, 0.4) is 0 Å². The number of benzene rings is 1. The van der Waals surface area contributed by atoms with Crippen LogP contribution in [0.2, 0.25) is 0 Å². The van der Waals surface area contributed by atoms with Gasteiger partial charge in [-0.2, -0.15) is 0 Å². The first-order valence-electron chi connectivity index (χ1n) is 5.19. The molecule has 15 heavy (non-hydrogen) atoms. The molecule has 0 unspecified atom stereocenters. The van der Waals surface area contributed by atoms with Crippen molar-refractivity contribution in [2.75, 3.05) is 13.2 Å². The Morgan fingerprint density at radius 3 is 2.80 bits per heavy atom. The SMILES string of the molecule is CCOC(=O)NCCc1ccccc1C. The van der Waals surface area contributed by atoms with E-state index in [-0.39, 0.29) is 6.09 Å². The predicted octanol–water partition coefficient (Wildman–Crippen LogP) is 2.28. The summed E-state index contributed by atoms with van der Waals surface area (Å²) in [6.45, 7) is 4.89. The molecule has 0 atom stereocenters. The third-order valence-corrected chi connectivity index (χ3v) is 2.20. The summed E-state index contributed by atoms with van der Waals surface area (Å²) in [5, 5.41) is 2.70. The van der Waals surface area contributed by atoms with Crippen molar-refractivity contribution in [1.29, 1.82) is 0 Å². The van der Waals surface area contributed by atoms with Gasteiger partial charge in [-0.25, -0.2) is 4.79 Å². The van der Waals surface area contributed by atoms with Gasteiger partial charge in [0.05, 0.1) is 6.61 Å². The maximum atomic E-state index is 11.0. The molecule has 0 aromatic heterocycles. The second kappa shape index (κ2) is 6.06. The number of alkyl carbamates (subject to hydrolysis) is 1. The van der Waals surface area contributed by atoms with Crippen LogP contribution in [0.4, 0.5) is 4.79 Å². The normalized spacial score (nSPS) is 9.73. The molecule has 0 bridgehead atoms. The first kappa shape index (κ1) is 11.6. The fourth-order valence-electron chi connectivity index (χ4n) is 1.37. The van der Waals surface area contributed by atoms with E-state index < -0.39 is 0 Å². The molecule has 0 saturated carbocycles. The van der Waals surface area contributed by atoms with Gasteiger partial charge in [0.15, 0.2) is 0 Å². The number of aryl methyl sites for hydroxylation is 1. The molecule has 0 fully saturated rings. The van der Waals surface area contributed by atoms with Crippen molar-refractivity contribution in [3.63, 3.8) is 0 Å². The van der Waals surface area contributed by atoms with Gasteiger partial charge in [-0.15, -0.1) is 0 Å². The summed E-state index contributed by atoms with van der Waals surface area (Å²) in [6.07, 6.45) is 0.497. The third-order valence-electron chi connectivity index (χ3n) is 2.20. The van der Waals surface area contributed by atoms with Crippen molar-refractivity contribution in [3.8, 4) is 0 Å². The Morgan fingerprint density at radius 1 is 1.40 bits per heavy atom. The number of rotatable bonds is 4. The zero-order chi connectivity index (χ0) is 11.1. The Bertz CT molecular complexity index is 323. The van der Waals surface area contributed by atoms with Gasteiger partial charge in [0.25, 0.3) is 0 Å². The molecule has 1 N–H and O–H groups in total. The van der Waals surface area contributed by atoms with E-state index in [9.17, 15) is 4.79 Å². The van der Waals surface area contributed by atoms with Gasteiger partial charge in [-0.1, -0.05) is 24.3 Å². The van der Waals surface area contributed by atoms with Crippen molar-refractivity contribution in [2.24, 2.45) is 0 Å². The highest BCUT2D eigenvalue weighted by Gasteiger charge is 2.00. The first-order valence-corrected chi connectivity index (χ1v) is 5.19. The topological polar surface area (TPSA) is 38.3 Å². The average Bonchev–Trinajstić information content (AvgIpc) is 2.21. The fourth-order valence-corrected chi connectivity index (χ4v) is 1.37. The van der Waals surface area contributed by atoms with Crippen LogP contribution in [0, 0.1) is 6.92 Å². The highest BCUT2D eigenvalue weighted by molar-refractivity contribution is 5.67. The predicted molar refractivity (Wildman–Crippen MR) is 59.9 cm³/mol. The molecule has 3 nitrogen and oxygen atoms in total. The van der Waals surface area contributed by atoms with Crippen LogP contribution in [-0.4, -0.2) is 19.2 Å². The molecule has 82 valence electrons. The van der Waals surface area contributed by atoms with E-state index in [1.54, 1.807) is 6.92 Å². The number of hydrogen-bond acceptors (Lipinski definition) is 2. The maximum absolute atomic E-state index is 11.0. The number of carbonyl (C=O) groups is 1. The van der Waals surface area contributed by atoms with E-state index in [1.807, 2.05) is 12.1 Å². The van der Waals surface area contributed by atoms with Crippen LogP contribution < -0.4 is 5.32 Å². The Balaban J connectivity index is 2.32. The largest absolute Gasteiger partial charge is 0.450 e. The molecule has 0 radical (unpaired) electrons. The van der Waals surface area contributed by atoms with Crippen LogP contribution in [0.1, 0.15) is 18.1 Å². The Kier molecular flexibility index (Phi) is 4.68. The Labute approximate surface area is 90.4 Å². The summed E-state index contributed by atoms with van der Waals surface area (Å²) in [6, 6.07) is 8.16. The van der Waals surface area contributed by atoms with Gasteiger partial charge in [-0.05, 0) is 31.4 Å². The molecule has 0 saturated heterocycles. The van der Waals surface area contributed by atoms with E-state index in [0.717, 1.165) is 6.42 Å². The summed E-state index contributed by atoms with van der Waals surface area (Å²) in [5.41, 5.74) is 2.51. The molecule has 0 heterocycles. The van der Waals surface area contributed by atoms with Gasteiger partial charge in [0, 0.05) is 6.54 Å². The standard InChI is InChI=1S/C12H17NO2/c1-3-15-12(14)13-9-8-11-7-5-4-6-10(11)2/h4-7H,3,8-9H2,1-2H3,(H,13,14). The average molecular weight is 207 g/mol. The molecular formula is C12H17NO2. The van der Waals surface area contributed by atoms with E-state index in [2.05, 4.69) is 24.4 Å². The number of amides is 1. The van der Waals surface area contributed by atoms with Crippen molar-refractivity contribution >= 4 is 6.09 Å². The molecule has 1 rings (SSSR count). The monoisotopic (exact) mass is 207 g/mol. The molecule has 1 aromatic rings. The third kappa shape index (κ3) is 4.02. The summed E-state index contributed by atoms with van der Waals surface area (Å²) in [5.74, 6) is 0. The van der Waals surface area contributed by atoms with E-state index in [0.29, 0.717) is 13.2 Å². The van der Waals surface area contributed by atoms with Gasteiger partial charge < -0.3 is 10.1 Å². The zero-order valence-corrected chi connectivity index (χ0v) is 9.25. The lowest BCUT2D eigenvalue weighted by Gasteiger charge is -2.07. The lowest BCUT2D eigenvalue weighted by molar-refractivity contribution is 0.152. The summed E-state index contributed by atoms with van der Waals surface area (Å²) in [7, 11) is 0. The van der Waals surface area contributed by atoms with E-state index in [1.165, 1.54) is 11.1 Å². The van der Waals surface area contributed by atoms with Crippen molar-refractivity contribution in [2.45, 2.75) is 20.3 Å². The number of hydrogen-bond donors (Lipinski definition) is 1. The quantitative estimate of drug-likeness (QED) is 0.822. The van der Waals surface area contributed by atoms with Gasteiger partial charge in [0.2, 0.25) is 0 Å². The fraction of sp³-hybridized carbons (Fsp3) is 0.417. The lowest BCUT2D eigenvalue weighted by atomic mass is 10.1. The summed E-state index contributed by atoms with van der Waals surface area (Å²) < 4.78 is 4.76. The minimum absolute atomic E-state index is 0.342. The first-order chi connectivity index (χ1) is 7.24. The minimum Gasteiger partial charge on any atom is -0.450 e. The van der Waals surface area contributed by atoms with Gasteiger partial charge in [0.1, 0.15) is 0 Å². The molecule has 3 heteroatoms. The highest BCUT2D eigenvalue weighted by Crippen LogP contribution is 2.06. The van der Waals surface area contributed by atoms with Crippen LogP contribution >= 0.6 is 0 Å². The second-order valence-corrected chi connectivity index (χ2v) is 3.32. The Morgan fingerprint density at radius 2 is 2.13 bits per heavy atom. The molecule has 0 aliphatic rings. The molecule has 0 aliphatic carbocycles. The Hall–Kier alpha value is -1.51. The van der Waals surface area contributed by atoms with Crippen LogP contribution in [0.25, 0.3) is 0 Å². The zero-order valence-electron chi connectivity index (χ0n) is 9.25. The van der Waals surface area contributed by atoms with Crippen LogP contribution in [-0.2, 0) is 11.2 Å². The molecule has 1 amide bonds. The van der Waals surface area contributed by atoms with Gasteiger partial charge in [-0.3, -0.25) is 0 Å². The second-order valence-electron chi connectivity index (χ2n) is 3.32. The molecule has 1 aromatic carbocycles. The van der Waals surface area contributed by atoms with Gasteiger partial charge >= 0.3 is 6.09 Å². The summed E-state index contributed by atoms with van der Waals surface area (Å²) >= 11 is 0. The molecule has 0 aliphatic heterocycles. The highest BCUT2D eigenvalue weighted by atomic mass is 16.5. The van der Waals surface area contributed by atoms with E-state index >= 15 is 0 Å². The van der Waals surface area contributed by atoms with Crippen LogP contribution in [0.5, 0.6) is 0 Å². The summed E-state index contributed by atoms with van der Waals surface area (Å²) in [4.78, 5) is 11.0. The number of nitrogens with one attached hydrogen (secondary N) is 1. The molecule has 0 spiro atoms. The maximum Gasteiger partial charge on any atom is 0.407 e. The van der Waals surface area contributed by atoms with E-state index in [4.69, 9.17) is 4.74 Å². The smallest absolute Gasteiger partial charge is 0.407 e. The minimum atomic E-state index is -0.342. The number of ether oxygens (including phenoxy) is 1. The van der Waals surface area contributed by atoms with Crippen molar-refractivity contribution in [1.82, 2.24) is 5.32 Å². The van der Waals surface area contributed by atoms with Crippen molar-refractivity contribution < 1.29 is 9.53 Å². The van der Waals surface area contributed by atoms with Crippen molar-refractivity contribution in [3.05, 3.63) is 35.4 Å².